The molecule has 0 saturated heterocycles. The zero-order chi connectivity index (χ0) is 7.11. The van der Waals surface area contributed by atoms with E-state index in [9.17, 15) is 0 Å². The zero-order valence-corrected chi connectivity index (χ0v) is 9.74. The predicted octanol–water partition coefficient (Wildman–Crippen LogP) is -2.06. The van der Waals surface area contributed by atoms with Crippen molar-refractivity contribution in [3.8, 4) is 0 Å². The molecule has 2 nitrogen and oxygen atoms in total. The molecule has 0 aliphatic heterocycles. The Balaban J connectivity index is 0. The molecule has 56 valence electrons. The number of ether oxygens (including phenoxy) is 2. The van der Waals surface area contributed by atoms with Crippen LogP contribution >= 0.6 is 0 Å². The average molecular weight is 172 g/mol. The van der Waals surface area contributed by atoms with Crippen molar-refractivity contribution in [2.45, 2.75) is 20.1 Å². The average Bonchev–Trinajstić information content (AvgIpc) is 1.88. The molecule has 0 aromatic carbocycles. The van der Waals surface area contributed by atoms with E-state index in [4.69, 9.17) is 22.1 Å². The molecule has 0 N–H and O–H groups in total. The minimum Gasteiger partial charge on any atom is -0.788 e. The van der Waals surface area contributed by atoms with Crippen LogP contribution in [0.2, 0.25) is 0 Å². The van der Waals surface area contributed by atoms with E-state index in [0.717, 1.165) is 0 Å². The van der Waals surface area contributed by atoms with Gasteiger partial charge in [-0.3, -0.25) is 0 Å². The van der Waals surface area contributed by atoms with E-state index in [0.29, 0.717) is 19.0 Å². The van der Waals surface area contributed by atoms with Crippen LogP contribution in [0.5, 0.6) is 0 Å². The summed E-state index contributed by atoms with van der Waals surface area (Å²) in [6.07, 6.45) is -0.171. The molecule has 0 fully saturated rings. The minimum atomic E-state index is -0.171. The van der Waals surface area contributed by atoms with E-state index in [1.807, 2.05) is 13.8 Å². The summed E-state index contributed by atoms with van der Waals surface area (Å²) < 4.78 is 10.2. The van der Waals surface area contributed by atoms with Crippen LogP contribution in [0.15, 0.2) is 0 Å². The van der Waals surface area contributed by atoms with Crippen molar-refractivity contribution in [1.29, 1.82) is 0 Å². The second-order valence-corrected chi connectivity index (χ2v) is 1.84. The van der Waals surface area contributed by atoms with Crippen LogP contribution in [-0.2, 0) is 22.1 Å². The molecule has 0 saturated carbocycles. The Hall–Kier alpha value is 1.27. The molecule has 0 radical (unpaired) electrons. The molecule has 0 aromatic rings. The van der Waals surface area contributed by atoms with Crippen LogP contribution in [0, 0.1) is 0 Å². The van der Waals surface area contributed by atoms with E-state index in [1.165, 1.54) is 0 Å². The van der Waals surface area contributed by atoms with Crippen LogP contribution in [-0.4, -0.2) is 25.3 Å². The summed E-state index contributed by atoms with van der Waals surface area (Å²) in [4.78, 5) is 0. The van der Waals surface area contributed by atoms with E-state index >= 15 is 0 Å². The van der Waals surface area contributed by atoms with Gasteiger partial charge in [-0.05, 0) is 13.8 Å². The molecule has 10 heavy (non-hydrogen) atoms. The summed E-state index contributed by atoms with van der Waals surface area (Å²) in [6.45, 7) is 5.19. The molecule has 4 heteroatoms. The SMILES string of the molecule is CCOC(C[S-])OCC.[Na+]. The van der Waals surface area contributed by atoms with Crippen molar-refractivity contribution in [1.82, 2.24) is 0 Å². The quantitative estimate of drug-likeness (QED) is 0.270. The molecule has 0 unspecified atom stereocenters. The summed E-state index contributed by atoms with van der Waals surface area (Å²) in [7, 11) is 0. The topological polar surface area (TPSA) is 18.5 Å². The molecule has 0 rings (SSSR count). The first kappa shape index (κ1) is 13.8. The van der Waals surface area contributed by atoms with Crippen molar-refractivity contribution >= 4 is 12.6 Å². The van der Waals surface area contributed by atoms with Crippen LogP contribution in [0.25, 0.3) is 0 Å². The molecule has 0 aromatic heterocycles. The Morgan fingerprint density at radius 1 is 1.20 bits per heavy atom. The monoisotopic (exact) mass is 172 g/mol. The fourth-order valence-corrected chi connectivity index (χ4v) is 0.709. The van der Waals surface area contributed by atoms with Crippen molar-refractivity contribution in [3.05, 3.63) is 0 Å². The van der Waals surface area contributed by atoms with Gasteiger partial charge in [-0.25, -0.2) is 0 Å². The summed E-state index contributed by atoms with van der Waals surface area (Å²) in [5, 5.41) is 0. The van der Waals surface area contributed by atoms with Crippen molar-refractivity contribution < 1.29 is 39.0 Å². The second-order valence-electron chi connectivity index (χ2n) is 1.51. The maximum Gasteiger partial charge on any atom is 1.00 e. The van der Waals surface area contributed by atoms with Crippen LogP contribution in [0.3, 0.4) is 0 Å². The van der Waals surface area contributed by atoms with Gasteiger partial charge < -0.3 is 22.1 Å². The Bertz CT molecular complexity index is 57.7. The molecule has 0 spiro atoms. The zero-order valence-electron chi connectivity index (χ0n) is 6.92. The molecule has 0 amide bonds. The first-order chi connectivity index (χ1) is 4.35. The first-order valence-corrected chi connectivity index (χ1v) is 3.74. The van der Waals surface area contributed by atoms with Crippen LogP contribution < -0.4 is 29.6 Å². The third-order valence-electron chi connectivity index (χ3n) is 0.841. The number of hydrogen-bond donors (Lipinski definition) is 0. The maximum atomic E-state index is 5.11. The predicted molar refractivity (Wildman–Crippen MR) is 39.3 cm³/mol. The van der Waals surface area contributed by atoms with E-state index < -0.39 is 0 Å². The van der Waals surface area contributed by atoms with Crippen LogP contribution in [0.4, 0.5) is 0 Å². The summed E-state index contributed by atoms with van der Waals surface area (Å²) in [6, 6.07) is 0. The maximum absolute atomic E-state index is 5.11. The molecular formula is C6H13NaO2S. The van der Waals surface area contributed by atoms with Gasteiger partial charge >= 0.3 is 29.6 Å². The number of hydrogen-bond acceptors (Lipinski definition) is 3. The summed E-state index contributed by atoms with van der Waals surface area (Å²) >= 11 is 4.75. The molecule has 0 aliphatic rings. The van der Waals surface area contributed by atoms with Gasteiger partial charge in [0, 0.05) is 13.2 Å². The van der Waals surface area contributed by atoms with Crippen molar-refractivity contribution in [2.75, 3.05) is 19.0 Å². The third-order valence-corrected chi connectivity index (χ3v) is 1.11. The van der Waals surface area contributed by atoms with Gasteiger partial charge in [-0.2, -0.15) is 0 Å². The Morgan fingerprint density at radius 2 is 1.60 bits per heavy atom. The van der Waals surface area contributed by atoms with E-state index in [2.05, 4.69) is 0 Å². The van der Waals surface area contributed by atoms with Gasteiger partial charge in [0.25, 0.3) is 0 Å². The Labute approximate surface area is 90.4 Å². The van der Waals surface area contributed by atoms with Crippen molar-refractivity contribution in [2.24, 2.45) is 0 Å². The molecule has 0 aliphatic carbocycles. The largest absolute Gasteiger partial charge is 1.00 e. The van der Waals surface area contributed by atoms with Gasteiger partial charge in [-0.15, -0.1) is 5.75 Å². The van der Waals surface area contributed by atoms with Crippen LogP contribution in [0.1, 0.15) is 13.8 Å². The smallest absolute Gasteiger partial charge is 0.788 e. The third kappa shape index (κ3) is 7.38. The fraction of sp³-hybridized carbons (Fsp3) is 1.00. The van der Waals surface area contributed by atoms with Gasteiger partial charge in [0.15, 0.2) is 0 Å². The molecular weight excluding hydrogens is 159 g/mol. The number of rotatable bonds is 5. The second kappa shape index (κ2) is 10.3. The summed E-state index contributed by atoms with van der Waals surface area (Å²) in [5.41, 5.74) is 0. The van der Waals surface area contributed by atoms with E-state index in [-0.39, 0.29) is 35.8 Å². The Kier molecular flexibility index (Phi) is 14.2. The normalized spacial score (nSPS) is 9.60. The van der Waals surface area contributed by atoms with E-state index in [1.54, 1.807) is 0 Å². The minimum absolute atomic E-state index is 0. The van der Waals surface area contributed by atoms with Gasteiger partial charge in [-0.1, -0.05) is 0 Å². The van der Waals surface area contributed by atoms with Gasteiger partial charge in [0.1, 0.15) is 6.29 Å². The Morgan fingerprint density at radius 3 is 1.80 bits per heavy atom. The first-order valence-electron chi connectivity index (χ1n) is 3.16. The molecule has 0 bridgehead atoms. The summed E-state index contributed by atoms with van der Waals surface area (Å²) in [5.74, 6) is 0.516. The molecule has 0 atom stereocenters. The van der Waals surface area contributed by atoms with Crippen molar-refractivity contribution in [3.63, 3.8) is 0 Å². The standard InChI is InChI=1S/C6H14O2S.Na/c1-3-7-6(5-9)8-4-2;/h6,9H,3-5H2,1-2H3;/q;+1/p-1. The fourth-order valence-electron chi connectivity index (χ4n) is 0.516. The molecule has 0 heterocycles. The van der Waals surface area contributed by atoms with Gasteiger partial charge in [0.05, 0.1) is 0 Å². The van der Waals surface area contributed by atoms with Gasteiger partial charge in [0.2, 0.25) is 0 Å².